The Balaban J connectivity index is 1.14. The lowest BCUT2D eigenvalue weighted by Gasteiger charge is -2.35. The molecule has 0 spiro atoms. The van der Waals surface area contributed by atoms with Crippen LogP contribution in [0.1, 0.15) is 5.56 Å². The van der Waals surface area contributed by atoms with Gasteiger partial charge in [0.2, 0.25) is 0 Å². The first-order valence-electron chi connectivity index (χ1n) is 10.2. The molecule has 7 heteroatoms. The fourth-order valence-corrected chi connectivity index (χ4v) is 4.42. The van der Waals surface area contributed by atoms with Gasteiger partial charge in [-0.2, -0.15) is 0 Å². The van der Waals surface area contributed by atoms with E-state index in [4.69, 9.17) is 10.7 Å². The summed E-state index contributed by atoms with van der Waals surface area (Å²) in [6.07, 6.45) is 2.95. The maximum atomic E-state index is 5.74. The van der Waals surface area contributed by atoms with Gasteiger partial charge in [-0.25, -0.2) is 9.97 Å². The number of hydrogen-bond acceptors (Lipinski definition) is 7. The second-order valence-electron chi connectivity index (χ2n) is 7.56. The molecular formula is C23H24N6S. The molecule has 3 heterocycles. The summed E-state index contributed by atoms with van der Waals surface area (Å²) in [5.74, 6) is 0.978. The monoisotopic (exact) mass is 416 g/mol. The van der Waals surface area contributed by atoms with E-state index in [1.54, 1.807) is 0 Å². The number of rotatable bonds is 5. The third-order valence-electron chi connectivity index (χ3n) is 5.62. The SMILES string of the molecule is Nc1nc(-c2ccc(CCN3CCN(c4cnc5ccccc5n4)CC3)cc2)cs1. The molecule has 30 heavy (non-hydrogen) atoms. The van der Waals surface area contributed by atoms with Crippen LogP contribution < -0.4 is 10.6 Å². The zero-order chi connectivity index (χ0) is 20.3. The molecule has 0 bridgehead atoms. The minimum atomic E-state index is 0.614. The summed E-state index contributed by atoms with van der Waals surface area (Å²) < 4.78 is 0. The van der Waals surface area contributed by atoms with Crippen molar-refractivity contribution in [3.05, 3.63) is 65.7 Å². The number of nitrogens with zero attached hydrogens (tertiary/aromatic N) is 5. The third-order valence-corrected chi connectivity index (χ3v) is 6.29. The summed E-state index contributed by atoms with van der Waals surface area (Å²) in [5.41, 5.74) is 11.1. The molecule has 0 radical (unpaired) electrons. The van der Waals surface area contributed by atoms with Crippen LogP contribution in [-0.2, 0) is 6.42 Å². The highest BCUT2D eigenvalue weighted by Crippen LogP contribution is 2.23. The summed E-state index contributed by atoms with van der Waals surface area (Å²) in [4.78, 5) is 18.6. The lowest BCUT2D eigenvalue weighted by molar-refractivity contribution is 0.260. The zero-order valence-electron chi connectivity index (χ0n) is 16.7. The molecule has 0 aliphatic carbocycles. The number of nitrogens with two attached hydrogens (primary N) is 1. The standard InChI is InChI=1S/C23H24N6S/c24-23-27-21(16-30-23)18-7-5-17(6-8-18)9-10-28-11-13-29(14-12-28)22-15-25-19-3-1-2-4-20(19)26-22/h1-8,15-16H,9-14H2,(H2,24,27). The molecule has 1 aliphatic rings. The van der Waals surface area contributed by atoms with Crippen LogP contribution in [0.4, 0.5) is 10.9 Å². The lowest BCUT2D eigenvalue weighted by Crippen LogP contribution is -2.47. The first-order chi connectivity index (χ1) is 14.7. The number of benzene rings is 2. The molecule has 0 amide bonds. The molecule has 6 nitrogen and oxygen atoms in total. The van der Waals surface area contributed by atoms with E-state index in [0.29, 0.717) is 5.13 Å². The van der Waals surface area contributed by atoms with Crippen LogP contribution in [-0.4, -0.2) is 52.6 Å². The van der Waals surface area contributed by atoms with Gasteiger partial charge >= 0.3 is 0 Å². The first kappa shape index (κ1) is 19.0. The average Bonchev–Trinajstić information content (AvgIpc) is 3.24. The summed E-state index contributed by atoms with van der Waals surface area (Å²) in [5, 5.41) is 2.62. The van der Waals surface area contributed by atoms with Crippen molar-refractivity contribution in [3.63, 3.8) is 0 Å². The van der Waals surface area contributed by atoms with Gasteiger partial charge in [0.25, 0.3) is 0 Å². The third kappa shape index (κ3) is 4.13. The molecule has 0 saturated carbocycles. The summed E-state index contributed by atoms with van der Waals surface area (Å²) >= 11 is 1.48. The van der Waals surface area contributed by atoms with Crippen LogP contribution in [0.25, 0.3) is 22.3 Å². The van der Waals surface area contributed by atoms with Crippen molar-refractivity contribution in [2.75, 3.05) is 43.4 Å². The van der Waals surface area contributed by atoms with Crippen molar-refractivity contribution < 1.29 is 0 Å². The Hall–Kier alpha value is -3.03. The normalized spacial score (nSPS) is 15.0. The van der Waals surface area contributed by atoms with Gasteiger partial charge in [0, 0.05) is 43.7 Å². The molecular weight excluding hydrogens is 392 g/mol. The van der Waals surface area contributed by atoms with Gasteiger partial charge in [-0.05, 0) is 24.1 Å². The second kappa shape index (κ2) is 8.38. The largest absolute Gasteiger partial charge is 0.375 e. The number of nitrogen functional groups attached to an aromatic ring is 1. The van der Waals surface area contributed by atoms with Crippen LogP contribution in [0.15, 0.2) is 60.1 Å². The fraction of sp³-hybridized carbons (Fsp3) is 0.261. The Morgan fingerprint density at radius 1 is 0.900 bits per heavy atom. The molecule has 5 rings (SSSR count). The average molecular weight is 417 g/mol. The van der Waals surface area contributed by atoms with Crippen LogP contribution >= 0.6 is 11.3 Å². The highest BCUT2D eigenvalue weighted by Gasteiger charge is 2.18. The lowest BCUT2D eigenvalue weighted by atomic mass is 10.1. The van der Waals surface area contributed by atoms with Crippen molar-refractivity contribution in [1.82, 2.24) is 19.9 Å². The van der Waals surface area contributed by atoms with Gasteiger partial charge in [-0.3, -0.25) is 9.88 Å². The van der Waals surface area contributed by atoms with E-state index in [0.717, 1.165) is 67.3 Å². The van der Waals surface area contributed by atoms with Gasteiger partial charge < -0.3 is 10.6 Å². The molecule has 1 saturated heterocycles. The van der Waals surface area contributed by atoms with Crippen molar-refractivity contribution in [2.45, 2.75) is 6.42 Å². The molecule has 0 unspecified atom stereocenters. The number of fused-ring (bicyclic) bond motifs is 1. The quantitative estimate of drug-likeness (QED) is 0.535. The van der Waals surface area contributed by atoms with Crippen LogP contribution in [0, 0.1) is 0 Å². The number of anilines is 2. The number of para-hydroxylation sites is 2. The van der Waals surface area contributed by atoms with Crippen molar-refractivity contribution in [3.8, 4) is 11.3 Å². The topological polar surface area (TPSA) is 71.2 Å². The van der Waals surface area contributed by atoms with E-state index in [9.17, 15) is 0 Å². The Morgan fingerprint density at radius 3 is 2.40 bits per heavy atom. The molecule has 2 N–H and O–H groups in total. The Labute approximate surface area is 180 Å². The van der Waals surface area contributed by atoms with E-state index in [2.05, 4.69) is 44.0 Å². The molecule has 0 atom stereocenters. The number of hydrogen-bond donors (Lipinski definition) is 1. The fourth-order valence-electron chi connectivity index (χ4n) is 3.85. The van der Waals surface area contributed by atoms with Gasteiger partial charge in [0.05, 0.1) is 22.9 Å². The smallest absolute Gasteiger partial charge is 0.180 e. The Bertz CT molecular complexity index is 1130. The number of aromatic nitrogens is 3. The molecule has 4 aromatic rings. The highest BCUT2D eigenvalue weighted by molar-refractivity contribution is 7.13. The molecule has 2 aromatic heterocycles. The molecule has 2 aromatic carbocycles. The van der Waals surface area contributed by atoms with E-state index in [-0.39, 0.29) is 0 Å². The van der Waals surface area contributed by atoms with Crippen molar-refractivity contribution in [1.29, 1.82) is 0 Å². The summed E-state index contributed by atoms with van der Waals surface area (Å²) in [6, 6.07) is 16.7. The summed E-state index contributed by atoms with van der Waals surface area (Å²) in [6.45, 7) is 5.13. The van der Waals surface area contributed by atoms with Crippen molar-refractivity contribution >= 4 is 33.3 Å². The predicted molar refractivity (Wildman–Crippen MR) is 124 cm³/mol. The van der Waals surface area contributed by atoms with E-state index < -0.39 is 0 Å². The number of thiazole rings is 1. The van der Waals surface area contributed by atoms with Gasteiger partial charge in [0.15, 0.2) is 5.13 Å². The van der Waals surface area contributed by atoms with Gasteiger partial charge in [-0.1, -0.05) is 36.4 Å². The van der Waals surface area contributed by atoms with E-state index >= 15 is 0 Å². The first-order valence-corrected chi connectivity index (χ1v) is 11.1. The molecule has 1 fully saturated rings. The Kier molecular flexibility index (Phi) is 5.29. The molecule has 1 aliphatic heterocycles. The van der Waals surface area contributed by atoms with Crippen LogP contribution in [0.3, 0.4) is 0 Å². The van der Waals surface area contributed by atoms with E-state index in [1.165, 1.54) is 16.9 Å². The molecule has 152 valence electrons. The maximum absolute atomic E-state index is 5.74. The maximum Gasteiger partial charge on any atom is 0.180 e. The summed E-state index contributed by atoms with van der Waals surface area (Å²) in [7, 11) is 0. The van der Waals surface area contributed by atoms with E-state index in [1.807, 2.05) is 35.8 Å². The van der Waals surface area contributed by atoms with Gasteiger partial charge in [-0.15, -0.1) is 11.3 Å². The van der Waals surface area contributed by atoms with Gasteiger partial charge in [0.1, 0.15) is 5.82 Å². The predicted octanol–water partition coefficient (Wildman–Crippen LogP) is 3.70. The highest BCUT2D eigenvalue weighted by atomic mass is 32.1. The van der Waals surface area contributed by atoms with Crippen LogP contribution in [0.2, 0.25) is 0 Å². The minimum Gasteiger partial charge on any atom is -0.375 e. The second-order valence-corrected chi connectivity index (χ2v) is 8.45. The minimum absolute atomic E-state index is 0.614. The number of piperazine rings is 1. The Morgan fingerprint density at radius 2 is 1.67 bits per heavy atom. The van der Waals surface area contributed by atoms with Crippen molar-refractivity contribution in [2.24, 2.45) is 0 Å². The van der Waals surface area contributed by atoms with Crippen LogP contribution in [0.5, 0.6) is 0 Å². The zero-order valence-corrected chi connectivity index (χ0v) is 17.6.